The number of halogens is 1. The summed E-state index contributed by atoms with van der Waals surface area (Å²) >= 11 is 0. The summed E-state index contributed by atoms with van der Waals surface area (Å²) in [7, 11) is 1.88. The molecule has 0 unspecified atom stereocenters. The van der Waals surface area contributed by atoms with Gasteiger partial charge in [-0.3, -0.25) is 4.90 Å². The molecule has 0 saturated heterocycles. The van der Waals surface area contributed by atoms with Crippen LogP contribution in [0.4, 0.5) is 4.39 Å². The Balaban J connectivity index is 2.75. The smallest absolute Gasteiger partial charge is 0.127 e. The third-order valence-corrected chi connectivity index (χ3v) is 2.79. The van der Waals surface area contributed by atoms with E-state index in [1.165, 1.54) is 6.07 Å². The summed E-state index contributed by atoms with van der Waals surface area (Å²) in [5.41, 5.74) is 0.323. The van der Waals surface area contributed by atoms with Crippen molar-refractivity contribution in [3.63, 3.8) is 0 Å². The SMILES string of the molecule is CN(Cc1ccccc1F)C(C)(C)CO. The number of likely N-dealkylation sites (N-methyl/N-ethyl adjacent to an activating group) is 1. The molecule has 0 bridgehead atoms. The molecule has 0 aliphatic heterocycles. The zero-order valence-electron chi connectivity index (χ0n) is 9.50. The Labute approximate surface area is 90.3 Å². The summed E-state index contributed by atoms with van der Waals surface area (Å²) in [4.78, 5) is 1.94. The van der Waals surface area contributed by atoms with Crippen LogP contribution >= 0.6 is 0 Å². The molecule has 0 spiro atoms. The Kier molecular flexibility index (Phi) is 3.83. The largest absolute Gasteiger partial charge is 0.394 e. The van der Waals surface area contributed by atoms with Gasteiger partial charge in [0.25, 0.3) is 0 Å². The Morgan fingerprint density at radius 1 is 1.33 bits per heavy atom. The predicted molar refractivity (Wildman–Crippen MR) is 59.0 cm³/mol. The summed E-state index contributed by atoms with van der Waals surface area (Å²) in [6.07, 6.45) is 0. The van der Waals surface area contributed by atoms with Crippen molar-refractivity contribution in [3.8, 4) is 0 Å². The minimum atomic E-state index is -0.331. The molecule has 1 rings (SSSR count). The maximum absolute atomic E-state index is 13.4. The highest BCUT2D eigenvalue weighted by Gasteiger charge is 2.22. The number of hydrogen-bond acceptors (Lipinski definition) is 2. The number of aliphatic hydroxyl groups excluding tert-OH is 1. The van der Waals surface area contributed by atoms with E-state index in [1.807, 2.05) is 31.9 Å². The van der Waals surface area contributed by atoms with E-state index in [2.05, 4.69) is 0 Å². The van der Waals surface area contributed by atoms with Crippen LogP contribution in [0.3, 0.4) is 0 Å². The van der Waals surface area contributed by atoms with Gasteiger partial charge in [0.1, 0.15) is 5.82 Å². The fourth-order valence-electron chi connectivity index (χ4n) is 1.22. The normalized spacial score (nSPS) is 12.1. The maximum Gasteiger partial charge on any atom is 0.127 e. The lowest BCUT2D eigenvalue weighted by atomic mass is 10.0. The van der Waals surface area contributed by atoms with Gasteiger partial charge in [-0.2, -0.15) is 0 Å². The van der Waals surface area contributed by atoms with E-state index in [0.29, 0.717) is 12.1 Å². The molecule has 1 aromatic carbocycles. The first kappa shape index (κ1) is 12.1. The molecule has 0 atom stereocenters. The summed E-state index contributed by atoms with van der Waals surface area (Å²) in [6.45, 7) is 4.40. The fourth-order valence-corrected chi connectivity index (χ4v) is 1.22. The number of nitrogens with zero attached hydrogens (tertiary/aromatic N) is 1. The van der Waals surface area contributed by atoms with Gasteiger partial charge in [-0.15, -0.1) is 0 Å². The van der Waals surface area contributed by atoms with Crippen molar-refractivity contribution in [2.24, 2.45) is 0 Å². The second-order valence-electron chi connectivity index (χ2n) is 4.42. The van der Waals surface area contributed by atoms with E-state index in [-0.39, 0.29) is 18.0 Å². The van der Waals surface area contributed by atoms with Crippen molar-refractivity contribution in [2.45, 2.75) is 25.9 Å². The average Bonchev–Trinajstić information content (AvgIpc) is 2.21. The van der Waals surface area contributed by atoms with Crippen LogP contribution in [-0.2, 0) is 6.54 Å². The Morgan fingerprint density at radius 2 is 1.93 bits per heavy atom. The lowest BCUT2D eigenvalue weighted by molar-refractivity contribution is 0.0726. The zero-order chi connectivity index (χ0) is 11.5. The molecular formula is C12H18FNO. The number of rotatable bonds is 4. The van der Waals surface area contributed by atoms with Gasteiger partial charge in [-0.05, 0) is 27.0 Å². The van der Waals surface area contributed by atoms with Crippen LogP contribution in [0.15, 0.2) is 24.3 Å². The first-order valence-electron chi connectivity index (χ1n) is 5.03. The van der Waals surface area contributed by atoms with Crippen LogP contribution in [0.5, 0.6) is 0 Å². The molecule has 0 aliphatic carbocycles. The van der Waals surface area contributed by atoms with Gasteiger partial charge < -0.3 is 5.11 Å². The van der Waals surface area contributed by atoms with Crippen molar-refractivity contribution in [1.82, 2.24) is 4.90 Å². The molecule has 1 N–H and O–H groups in total. The molecule has 1 aromatic rings. The quantitative estimate of drug-likeness (QED) is 0.823. The van der Waals surface area contributed by atoms with E-state index >= 15 is 0 Å². The third kappa shape index (κ3) is 3.01. The summed E-state index contributed by atoms with van der Waals surface area (Å²) in [5.74, 6) is -0.196. The minimum absolute atomic E-state index is 0.0535. The fraction of sp³-hybridized carbons (Fsp3) is 0.500. The molecule has 84 valence electrons. The predicted octanol–water partition coefficient (Wildman–Crippen LogP) is 2.03. The van der Waals surface area contributed by atoms with Crippen molar-refractivity contribution in [2.75, 3.05) is 13.7 Å². The van der Waals surface area contributed by atoms with E-state index < -0.39 is 0 Å². The highest BCUT2D eigenvalue weighted by Crippen LogP contribution is 2.16. The van der Waals surface area contributed by atoms with Crippen LogP contribution in [0.1, 0.15) is 19.4 Å². The van der Waals surface area contributed by atoms with E-state index in [0.717, 1.165) is 0 Å². The molecule has 0 fully saturated rings. The molecule has 0 amide bonds. The van der Waals surface area contributed by atoms with Crippen LogP contribution in [-0.4, -0.2) is 29.2 Å². The Bertz CT molecular complexity index is 325. The summed E-state index contributed by atoms with van der Waals surface area (Å²) in [6, 6.07) is 6.71. The van der Waals surface area contributed by atoms with Crippen LogP contribution in [0, 0.1) is 5.82 Å². The van der Waals surface area contributed by atoms with E-state index in [1.54, 1.807) is 12.1 Å². The second-order valence-corrected chi connectivity index (χ2v) is 4.42. The molecular weight excluding hydrogens is 193 g/mol. The van der Waals surface area contributed by atoms with Gasteiger partial charge >= 0.3 is 0 Å². The summed E-state index contributed by atoms with van der Waals surface area (Å²) < 4.78 is 13.4. The van der Waals surface area contributed by atoms with Crippen molar-refractivity contribution < 1.29 is 9.50 Å². The zero-order valence-corrected chi connectivity index (χ0v) is 9.50. The molecule has 0 radical (unpaired) electrons. The standard InChI is InChI=1S/C12H18FNO/c1-12(2,9-15)14(3)8-10-6-4-5-7-11(10)13/h4-7,15H,8-9H2,1-3H3. The lowest BCUT2D eigenvalue weighted by Crippen LogP contribution is -2.43. The molecule has 15 heavy (non-hydrogen) atoms. The van der Waals surface area contributed by atoms with Crippen LogP contribution in [0.25, 0.3) is 0 Å². The molecule has 0 heterocycles. The van der Waals surface area contributed by atoms with Crippen molar-refractivity contribution >= 4 is 0 Å². The van der Waals surface area contributed by atoms with Crippen molar-refractivity contribution in [1.29, 1.82) is 0 Å². The van der Waals surface area contributed by atoms with Crippen molar-refractivity contribution in [3.05, 3.63) is 35.6 Å². The van der Waals surface area contributed by atoms with E-state index in [9.17, 15) is 9.50 Å². The van der Waals surface area contributed by atoms with Gasteiger partial charge in [0, 0.05) is 17.6 Å². The molecule has 0 aliphatic rings. The first-order valence-corrected chi connectivity index (χ1v) is 5.03. The molecule has 3 heteroatoms. The van der Waals surface area contributed by atoms with Gasteiger partial charge in [-0.25, -0.2) is 4.39 Å². The second kappa shape index (κ2) is 4.73. The van der Waals surface area contributed by atoms with E-state index in [4.69, 9.17) is 0 Å². The minimum Gasteiger partial charge on any atom is -0.394 e. The van der Waals surface area contributed by atoms with Gasteiger partial charge in [0.05, 0.1) is 6.61 Å². The molecule has 0 saturated carbocycles. The van der Waals surface area contributed by atoms with Gasteiger partial charge in [-0.1, -0.05) is 18.2 Å². The van der Waals surface area contributed by atoms with Crippen LogP contribution in [0.2, 0.25) is 0 Å². The molecule has 2 nitrogen and oxygen atoms in total. The topological polar surface area (TPSA) is 23.5 Å². The average molecular weight is 211 g/mol. The lowest BCUT2D eigenvalue weighted by Gasteiger charge is -2.33. The number of benzene rings is 1. The van der Waals surface area contributed by atoms with Crippen LogP contribution < -0.4 is 0 Å². The molecule has 0 aromatic heterocycles. The number of hydrogen-bond donors (Lipinski definition) is 1. The number of aliphatic hydroxyl groups is 1. The maximum atomic E-state index is 13.4. The highest BCUT2D eigenvalue weighted by molar-refractivity contribution is 5.17. The monoisotopic (exact) mass is 211 g/mol. The third-order valence-electron chi connectivity index (χ3n) is 2.79. The first-order chi connectivity index (χ1) is 6.97. The van der Waals surface area contributed by atoms with Gasteiger partial charge in [0.15, 0.2) is 0 Å². The Morgan fingerprint density at radius 3 is 2.47 bits per heavy atom. The summed E-state index contributed by atoms with van der Waals surface area (Å²) in [5, 5.41) is 9.18. The van der Waals surface area contributed by atoms with Gasteiger partial charge in [0.2, 0.25) is 0 Å². The Hall–Kier alpha value is -0.930. The highest BCUT2D eigenvalue weighted by atomic mass is 19.1.